The number of aromatic nitrogens is 2. The lowest BCUT2D eigenvalue weighted by Crippen LogP contribution is -2.28. The summed E-state index contributed by atoms with van der Waals surface area (Å²) < 4.78 is 5.26. The molecule has 2 rings (SSSR count). The zero-order chi connectivity index (χ0) is 10.7. The van der Waals surface area contributed by atoms with Crippen molar-refractivity contribution in [3.8, 4) is 0 Å². The highest BCUT2D eigenvalue weighted by atomic mass is 35.5. The van der Waals surface area contributed by atoms with E-state index in [-0.39, 0.29) is 5.28 Å². The summed E-state index contributed by atoms with van der Waals surface area (Å²) in [4.78, 5) is 7.83. The van der Waals surface area contributed by atoms with Gasteiger partial charge in [-0.05, 0) is 24.4 Å². The van der Waals surface area contributed by atoms with E-state index in [1.807, 2.05) is 0 Å². The summed E-state index contributed by atoms with van der Waals surface area (Å²) in [5.74, 6) is 0.673. The number of hydrogen-bond acceptors (Lipinski definition) is 4. The summed E-state index contributed by atoms with van der Waals surface area (Å²) in [7, 11) is 0. The molecule has 1 fully saturated rings. The highest BCUT2D eigenvalue weighted by Crippen LogP contribution is 2.17. The van der Waals surface area contributed by atoms with Crippen molar-refractivity contribution >= 4 is 29.0 Å². The molecule has 0 saturated carbocycles. The van der Waals surface area contributed by atoms with Gasteiger partial charge < -0.3 is 10.1 Å². The summed E-state index contributed by atoms with van der Waals surface area (Å²) >= 11 is 11.5. The molecule has 0 amide bonds. The van der Waals surface area contributed by atoms with Gasteiger partial charge in [0.1, 0.15) is 11.0 Å². The molecule has 0 atom stereocenters. The maximum absolute atomic E-state index is 5.77. The van der Waals surface area contributed by atoms with Crippen LogP contribution in [0.3, 0.4) is 0 Å². The molecular formula is C9H11Cl2N3O. The van der Waals surface area contributed by atoms with Gasteiger partial charge in [-0.15, -0.1) is 0 Å². The van der Waals surface area contributed by atoms with Crippen LogP contribution in [0.4, 0.5) is 5.82 Å². The lowest BCUT2D eigenvalue weighted by atomic mass is 10.1. The fourth-order valence-corrected chi connectivity index (χ4v) is 1.92. The number of rotatable bonds is 2. The molecule has 0 spiro atoms. The minimum Gasteiger partial charge on any atom is -0.381 e. The van der Waals surface area contributed by atoms with Crippen LogP contribution in [-0.4, -0.2) is 29.2 Å². The summed E-state index contributed by atoms with van der Waals surface area (Å²) in [6.07, 6.45) is 1.94. The van der Waals surface area contributed by atoms with Crippen molar-refractivity contribution in [1.29, 1.82) is 0 Å². The number of nitrogens with one attached hydrogen (secondary N) is 1. The first-order valence-corrected chi connectivity index (χ1v) is 5.54. The Labute approximate surface area is 98.0 Å². The molecule has 0 bridgehead atoms. The second kappa shape index (κ2) is 4.96. The van der Waals surface area contributed by atoms with E-state index in [0.29, 0.717) is 17.0 Å². The van der Waals surface area contributed by atoms with Gasteiger partial charge in [-0.1, -0.05) is 11.6 Å². The molecule has 0 aromatic carbocycles. The van der Waals surface area contributed by atoms with E-state index < -0.39 is 0 Å². The number of hydrogen-bond donors (Lipinski definition) is 1. The van der Waals surface area contributed by atoms with Gasteiger partial charge in [-0.2, -0.15) is 0 Å². The van der Waals surface area contributed by atoms with E-state index in [9.17, 15) is 0 Å². The topological polar surface area (TPSA) is 47.0 Å². The van der Waals surface area contributed by atoms with E-state index in [1.54, 1.807) is 6.07 Å². The van der Waals surface area contributed by atoms with Gasteiger partial charge in [-0.3, -0.25) is 0 Å². The molecule has 0 radical (unpaired) electrons. The molecule has 1 aromatic rings. The lowest BCUT2D eigenvalue weighted by Gasteiger charge is -2.23. The molecule has 1 aliphatic heterocycles. The van der Waals surface area contributed by atoms with Crippen molar-refractivity contribution in [3.05, 3.63) is 16.5 Å². The summed E-state index contributed by atoms with van der Waals surface area (Å²) in [6, 6.07) is 2.05. The maximum Gasteiger partial charge on any atom is 0.225 e. The third-order valence-electron chi connectivity index (χ3n) is 2.24. The Hall–Kier alpha value is -0.580. The van der Waals surface area contributed by atoms with E-state index in [1.165, 1.54) is 0 Å². The predicted molar refractivity (Wildman–Crippen MR) is 59.5 cm³/mol. The molecular weight excluding hydrogens is 237 g/mol. The van der Waals surface area contributed by atoms with Crippen LogP contribution in [0.2, 0.25) is 10.4 Å². The molecule has 15 heavy (non-hydrogen) atoms. The van der Waals surface area contributed by atoms with Crippen molar-refractivity contribution < 1.29 is 4.74 Å². The molecule has 6 heteroatoms. The smallest absolute Gasteiger partial charge is 0.225 e. The maximum atomic E-state index is 5.77. The Kier molecular flexibility index (Phi) is 3.61. The van der Waals surface area contributed by atoms with Gasteiger partial charge in [-0.25, -0.2) is 9.97 Å². The first kappa shape index (κ1) is 10.9. The number of ether oxygens (including phenoxy) is 1. The van der Waals surface area contributed by atoms with E-state index >= 15 is 0 Å². The zero-order valence-corrected chi connectivity index (χ0v) is 9.55. The zero-order valence-electron chi connectivity index (χ0n) is 8.04. The molecule has 4 nitrogen and oxygen atoms in total. The number of halogens is 2. The van der Waals surface area contributed by atoms with Gasteiger partial charge in [0.05, 0.1) is 0 Å². The predicted octanol–water partition coefficient (Wildman–Crippen LogP) is 2.37. The van der Waals surface area contributed by atoms with Crippen LogP contribution in [-0.2, 0) is 4.74 Å². The number of anilines is 1. The van der Waals surface area contributed by atoms with Crippen molar-refractivity contribution in [2.45, 2.75) is 18.9 Å². The average molecular weight is 248 g/mol. The van der Waals surface area contributed by atoms with Crippen LogP contribution in [0.25, 0.3) is 0 Å². The third kappa shape index (κ3) is 3.19. The van der Waals surface area contributed by atoms with E-state index in [0.717, 1.165) is 26.1 Å². The standard InChI is InChI=1S/C9H11Cl2N3O/c10-7-5-8(14-9(11)13-7)12-6-1-3-15-4-2-6/h5-6H,1-4H2,(H,12,13,14). The summed E-state index contributed by atoms with van der Waals surface area (Å²) in [5.41, 5.74) is 0. The number of nitrogens with zero attached hydrogens (tertiary/aromatic N) is 2. The normalized spacial score (nSPS) is 17.7. The van der Waals surface area contributed by atoms with Crippen LogP contribution < -0.4 is 5.32 Å². The van der Waals surface area contributed by atoms with Crippen LogP contribution in [0.15, 0.2) is 6.07 Å². The Morgan fingerprint density at radius 3 is 2.67 bits per heavy atom. The Bertz CT molecular complexity index is 322. The third-order valence-corrected chi connectivity index (χ3v) is 2.60. The van der Waals surface area contributed by atoms with Gasteiger partial charge in [0.25, 0.3) is 0 Å². The lowest BCUT2D eigenvalue weighted by molar-refractivity contribution is 0.0904. The SMILES string of the molecule is Clc1cc(NC2CCOCC2)nc(Cl)n1. The molecule has 0 aliphatic carbocycles. The Morgan fingerprint density at radius 2 is 2.00 bits per heavy atom. The van der Waals surface area contributed by atoms with E-state index in [4.69, 9.17) is 27.9 Å². The molecule has 0 unspecified atom stereocenters. The van der Waals surface area contributed by atoms with E-state index in [2.05, 4.69) is 15.3 Å². The summed E-state index contributed by atoms with van der Waals surface area (Å²) in [6.45, 7) is 1.56. The second-order valence-electron chi connectivity index (χ2n) is 3.38. The largest absolute Gasteiger partial charge is 0.381 e. The fraction of sp³-hybridized carbons (Fsp3) is 0.556. The van der Waals surface area contributed by atoms with Crippen molar-refractivity contribution in [3.63, 3.8) is 0 Å². The minimum absolute atomic E-state index is 0.164. The van der Waals surface area contributed by atoms with Gasteiger partial charge in [0, 0.05) is 25.3 Å². The molecule has 1 aromatic heterocycles. The first-order valence-electron chi connectivity index (χ1n) is 4.78. The highest BCUT2D eigenvalue weighted by Gasteiger charge is 2.14. The fourth-order valence-electron chi connectivity index (χ4n) is 1.51. The highest BCUT2D eigenvalue weighted by molar-refractivity contribution is 6.32. The minimum atomic E-state index is 0.164. The van der Waals surface area contributed by atoms with Gasteiger partial charge in [0.2, 0.25) is 5.28 Å². The van der Waals surface area contributed by atoms with Crippen molar-refractivity contribution in [1.82, 2.24) is 9.97 Å². The Morgan fingerprint density at radius 1 is 1.27 bits per heavy atom. The Balaban J connectivity index is 2.02. The average Bonchev–Trinajstić information content (AvgIpc) is 2.17. The van der Waals surface area contributed by atoms with Crippen molar-refractivity contribution in [2.75, 3.05) is 18.5 Å². The van der Waals surface area contributed by atoms with Gasteiger partial charge in [0.15, 0.2) is 0 Å². The quantitative estimate of drug-likeness (QED) is 0.644. The van der Waals surface area contributed by atoms with Crippen LogP contribution in [0.5, 0.6) is 0 Å². The monoisotopic (exact) mass is 247 g/mol. The first-order chi connectivity index (χ1) is 7.24. The second-order valence-corrected chi connectivity index (χ2v) is 4.10. The van der Waals surface area contributed by atoms with Crippen LogP contribution in [0.1, 0.15) is 12.8 Å². The molecule has 1 N–H and O–H groups in total. The van der Waals surface area contributed by atoms with Crippen LogP contribution >= 0.6 is 23.2 Å². The van der Waals surface area contributed by atoms with Gasteiger partial charge >= 0.3 is 0 Å². The molecule has 1 saturated heterocycles. The molecule has 1 aliphatic rings. The van der Waals surface area contributed by atoms with Crippen LogP contribution in [0, 0.1) is 0 Å². The molecule has 2 heterocycles. The summed E-state index contributed by atoms with van der Waals surface area (Å²) in [5, 5.41) is 3.78. The van der Waals surface area contributed by atoms with Crippen molar-refractivity contribution in [2.24, 2.45) is 0 Å². The molecule has 82 valence electrons.